The van der Waals surface area contributed by atoms with E-state index in [4.69, 9.17) is 5.73 Å². The number of carbonyl (C=O) groups is 1. The highest BCUT2D eigenvalue weighted by Crippen LogP contribution is 2.25. The van der Waals surface area contributed by atoms with E-state index in [1.165, 1.54) is 12.8 Å². The van der Waals surface area contributed by atoms with Crippen LogP contribution >= 0.6 is 24.8 Å². The summed E-state index contributed by atoms with van der Waals surface area (Å²) in [6.07, 6.45) is 2.62. The number of hydrogen-bond donors (Lipinski definition) is 2. The highest BCUT2D eigenvalue weighted by atomic mass is 35.5. The zero-order chi connectivity index (χ0) is 11.5. The van der Waals surface area contributed by atoms with Crippen molar-refractivity contribution < 1.29 is 4.79 Å². The highest BCUT2D eigenvalue weighted by molar-refractivity contribution is 5.85. The fraction of sp³-hybridized carbons (Fsp3) is 0.909. The number of amides is 1. The molecule has 1 aliphatic rings. The van der Waals surface area contributed by atoms with E-state index in [0.717, 1.165) is 19.1 Å². The summed E-state index contributed by atoms with van der Waals surface area (Å²) in [6.45, 7) is 8.30. The van der Waals surface area contributed by atoms with Crippen LogP contribution in [0.25, 0.3) is 0 Å². The number of likely N-dealkylation sites (N-methyl/N-ethyl adjacent to an activating group) is 1. The van der Waals surface area contributed by atoms with Crippen molar-refractivity contribution in [1.82, 2.24) is 10.2 Å². The van der Waals surface area contributed by atoms with E-state index in [2.05, 4.69) is 17.1 Å². The van der Waals surface area contributed by atoms with E-state index in [-0.39, 0.29) is 30.7 Å². The van der Waals surface area contributed by atoms with Gasteiger partial charge in [0.1, 0.15) is 0 Å². The molecule has 0 bridgehead atoms. The van der Waals surface area contributed by atoms with E-state index in [1.54, 1.807) is 13.8 Å². The molecule has 4 nitrogen and oxygen atoms in total. The summed E-state index contributed by atoms with van der Waals surface area (Å²) in [5.74, 6) is -0.0747. The van der Waals surface area contributed by atoms with Gasteiger partial charge in [0, 0.05) is 19.1 Å². The summed E-state index contributed by atoms with van der Waals surface area (Å²) in [4.78, 5) is 13.9. The van der Waals surface area contributed by atoms with Gasteiger partial charge in [0.15, 0.2) is 0 Å². The summed E-state index contributed by atoms with van der Waals surface area (Å²) in [7, 11) is 0. The van der Waals surface area contributed by atoms with Crippen molar-refractivity contribution in [3.63, 3.8) is 0 Å². The zero-order valence-corrected chi connectivity index (χ0v) is 12.5. The van der Waals surface area contributed by atoms with Crippen molar-refractivity contribution in [2.75, 3.05) is 19.6 Å². The van der Waals surface area contributed by atoms with E-state index >= 15 is 0 Å². The molecular weight excluding hydrogens is 261 g/mol. The van der Waals surface area contributed by atoms with Gasteiger partial charge in [-0.05, 0) is 33.2 Å². The molecule has 0 saturated heterocycles. The number of halogens is 2. The molecule has 0 heterocycles. The van der Waals surface area contributed by atoms with Crippen LogP contribution in [-0.2, 0) is 4.79 Å². The van der Waals surface area contributed by atoms with Crippen molar-refractivity contribution in [3.05, 3.63) is 0 Å². The van der Waals surface area contributed by atoms with Crippen LogP contribution in [0.3, 0.4) is 0 Å². The predicted molar refractivity (Wildman–Crippen MR) is 76.0 cm³/mol. The summed E-state index contributed by atoms with van der Waals surface area (Å²) in [5.41, 5.74) is 4.91. The average Bonchev–Trinajstić information content (AvgIpc) is 2.93. The summed E-state index contributed by atoms with van der Waals surface area (Å²) in [6, 6.07) is 0.762. The van der Waals surface area contributed by atoms with Crippen LogP contribution in [0.15, 0.2) is 0 Å². The van der Waals surface area contributed by atoms with Crippen LogP contribution in [-0.4, -0.2) is 42.0 Å². The maximum atomic E-state index is 11.5. The first-order valence-corrected chi connectivity index (χ1v) is 5.76. The van der Waals surface area contributed by atoms with E-state index in [1.807, 2.05) is 0 Å². The zero-order valence-electron chi connectivity index (χ0n) is 10.9. The van der Waals surface area contributed by atoms with Crippen molar-refractivity contribution in [3.8, 4) is 0 Å². The van der Waals surface area contributed by atoms with Gasteiger partial charge in [-0.15, -0.1) is 24.8 Å². The van der Waals surface area contributed by atoms with Gasteiger partial charge >= 0.3 is 0 Å². The van der Waals surface area contributed by atoms with E-state index in [0.29, 0.717) is 6.54 Å². The van der Waals surface area contributed by atoms with Crippen molar-refractivity contribution in [1.29, 1.82) is 0 Å². The molecule has 3 N–H and O–H groups in total. The number of nitrogens with zero attached hydrogens (tertiary/aromatic N) is 1. The Morgan fingerprint density at radius 3 is 2.29 bits per heavy atom. The Hall–Kier alpha value is -0.0300. The molecule has 0 aliphatic heterocycles. The van der Waals surface area contributed by atoms with E-state index in [9.17, 15) is 4.79 Å². The lowest BCUT2D eigenvalue weighted by Gasteiger charge is -2.22. The minimum atomic E-state index is -0.767. The Bertz CT molecular complexity index is 227. The fourth-order valence-corrected chi connectivity index (χ4v) is 1.58. The smallest absolute Gasteiger partial charge is 0.239 e. The molecule has 0 spiro atoms. The lowest BCUT2D eigenvalue weighted by molar-refractivity contribution is -0.125. The van der Waals surface area contributed by atoms with Crippen molar-refractivity contribution >= 4 is 30.7 Å². The molecule has 0 aromatic heterocycles. The second-order valence-corrected chi connectivity index (χ2v) is 4.84. The molecule has 1 aliphatic carbocycles. The van der Waals surface area contributed by atoms with Crippen molar-refractivity contribution in [2.24, 2.45) is 5.73 Å². The van der Waals surface area contributed by atoms with Crippen LogP contribution in [0.2, 0.25) is 0 Å². The summed E-state index contributed by atoms with van der Waals surface area (Å²) >= 11 is 0. The van der Waals surface area contributed by atoms with Crippen LogP contribution in [0.1, 0.15) is 33.6 Å². The second kappa shape index (κ2) is 8.14. The van der Waals surface area contributed by atoms with Gasteiger partial charge in [-0.2, -0.15) is 0 Å². The molecule has 17 heavy (non-hydrogen) atoms. The van der Waals surface area contributed by atoms with Crippen LogP contribution in [0.5, 0.6) is 0 Å². The Morgan fingerprint density at radius 2 is 1.94 bits per heavy atom. The highest BCUT2D eigenvalue weighted by Gasteiger charge is 2.27. The molecule has 0 unspecified atom stereocenters. The van der Waals surface area contributed by atoms with Gasteiger partial charge in [-0.3, -0.25) is 9.69 Å². The third-order valence-electron chi connectivity index (χ3n) is 2.74. The lowest BCUT2D eigenvalue weighted by atomic mass is 10.1. The Labute approximate surface area is 117 Å². The number of nitrogens with two attached hydrogens (primary N) is 1. The SMILES string of the molecule is CCN(CCNC(=O)C(C)(C)N)C1CC1.Cl.Cl. The lowest BCUT2D eigenvalue weighted by Crippen LogP contribution is -2.50. The maximum absolute atomic E-state index is 11.5. The normalized spacial score (nSPS) is 14.9. The average molecular weight is 286 g/mol. The largest absolute Gasteiger partial charge is 0.353 e. The predicted octanol–water partition coefficient (Wildman–Crippen LogP) is 1.17. The fourth-order valence-electron chi connectivity index (χ4n) is 1.58. The Kier molecular flexibility index (Phi) is 9.25. The maximum Gasteiger partial charge on any atom is 0.239 e. The molecule has 0 aromatic carbocycles. The van der Waals surface area contributed by atoms with Gasteiger partial charge in [0.05, 0.1) is 5.54 Å². The number of carbonyl (C=O) groups excluding carboxylic acids is 1. The van der Waals surface area contributed by atoms with Gasteiger partial charge in [0.25, 0.3) is 0 Å². The summed E-state index contributed by atoms with van der Waals surface area (Å²) < 4.78 is 0. The number of nitrogens with one attached hydrogen (secondary N) is 1. The molecule has 1 rings (SSSR count). The first-order chi connectivity index (χ1) is 6.95. The minimum absolute atomic E-state index is 0. The minimum Gasteiger partial charge on any atom is -0.353 e. The molecule has 0 aromatic rings. The molecule has 104 valence electrons. The number of hydrogen-bond acceptors (Lipinski definition) is 3. The molecule has 6 heteroatoms. The first-order valence-electron chi connectivity index (χ1n) is 5.76. The van der Waals surface area contributed by atoms with Crippen molar-refractivity contribution in [2.45, 2.75) is 45.2 Å². The molecule has 1 amide bonds. The third-order valence-corrected chi connectivity index (χ3v) is 2.74. The Balaban J connectivity index is 0. The van der Waals surface area contributed by atoms with Crippen LogP contribution in [0, 0.1) is 0 Å². The molecule has 0 atom stereocenters. The van der Waals surface area contributed by atoms with Gasteiger partial charge < -0.3 is 11.1 Å². The topological polar surface area (TPSA) is 58.4 Å². The van der Waals surface area contributed by atoms with E-state index < -0.39 is 5.54 Å². The third kappa shape index (κ3) is 7.09. The molecule has 0 radical (unpaired) electrons. The van der Waals surface area contributed by atoms with Crippen LogP contribution < -0.4 is 11.1 Å². The van der Waals surface area contributed by atoms with Crippen LogP contribution in [0.4, 0.5) is 0 Å². The molecular formula is C11H25Cl2N3O. The molecule has 1 saturated carbocycles. The van der Waals surface area contributed by atoms with Gasteiger partial charge in [0.2, 0.25) is 5.91 Å². The standard InChI is InChI=1S/C11H23N3O.2ClH/c1-4-14(9-5-6-9)8-7-13-10(15)11(2,3)12;;/h9H,4-8,12H2,1-3H3,(H,13,15);2*1H. The second-order valence-electron chi connectivity index (χ2n) is 4.84. The van der Waals surface area contributed by atoms with Gasteiger partial charge in [-0.25, -0.2) is 0 Å². The number of rotatable bonds is 6. The monoisotopic (exact) mass is 285 g/mol. The van der Waals surface area contributed by atoms with Gasteiger partial charge in [-0.1, -0.05) is 6.92 Å². The first kappa shape index (κ1) is 19.3. The summed E-state index contributed by atoms with van der Waals surface area (Å²) in [5, 5.41) is 2.86. The quantitative estimate of drug-likeness (QED) is 0.770. The molecule has 1 fully saturated rings. The Morgan fingerprint density at radius 1 is 1.41 bits per heavy atom.